The fourth-order valence-electron chi connectivity index (χ4n) is 2.41. The van der Waals surface area contributed by atoms with Crippen LogP contribution in [0, 0.1) is 0 Å². The van der Waals surface area contributed by atoms with Crippen LogP contribution in [-0.2, 0) is 9.59 Å². The maximum atomic E-state index is 9.10. The zero-order valence-electron chi connectivity index (χ0n) is 14.6. The molecule has 7 heteroatoms. The molecule has 1 aliphatic carbocycles. The van der Waals surface area contributed by atoms with Gasteiger partial charge in [-0.3, -0.25) is 0 Å². The van der Waals surface area contributed by atoms with Crippen LogP contribution in [-0.4, -0.2) is 48.0 Å². The fraction of sp³-hybridized carbons (Fsp3) is 0.556. The Morgan fingerprint density at radius 2 is 1.48 bits per heavy atom. The third kappa shape index (κ3) is 9.56. The van der Waals surface area contributed by atoms with Crippen molar-refractivity contribution in [1.29, 1.82) is 0 Å². The van der Waals surface area contributed by atoms with E-state index in [4.69, 9.17) is 29.3 Å². The summed E-state index contributed by atoms with van der Waals surface area (Å²) < 4.78 is 11.2. The lowest BCUT2D eigenvalue weighted by molar-refractivity contribution is -0.159. The van der Waals surface area contributed by atoms with Crippen molar-refractivity contribution in [2.45, 2.75) is 45.1 Å². The summed E-state index contributed by atoms with van der Waals surface area (Å²) in [4.78, 5) is 18.2. The molecular formula is C18H27NO6. The second-order valence-corrected chi connectivity index (χ2v) is 5.71. The lowest BCUT2D eigenvalue weighted by Gasteiger charge is -2.12. The van der Waals surface area contributed by atoms with E-state index in [2.05, 4.69) is 12.2 Å². The van der Waals surface area contributed by atoms with Crippen LogP contribution in [0.5, 0.6) is 11.5 Å². The van der Waals surface area contributed by atoms with E-state index in [-0.39, 0.29) is 0 Å². The second-order valence-electron chi connectivity index (χ2n) is 5.71. The number of aliphatic carboxylic acids is 2. The Morgan fingerprint density at radius 3 is 1.92 bits per heavy atom. The molecule has 0 atom stereocenters. The van der Waals surface area contributed by atoms with E-state index in [0.29, 0.717) is 6.04 Å². The standard InChI is InChI=1S/C16H25NO2.C2H2O4/c1-2-12-18-15-7-9-16(10-8-15)19-13-11-17-14-5-3-4-6-14;3-1(4)2(5)6/h7-10,14,17H,2-6,11-13H2,1H3;(H,3,4)(H,5,6). The molecule has 0 saturated heterocycles. The van der Waals surface area contributed by atoms with Crippen molar-refractivity contribution in [3.63, 3.8) is 0 Å². The summed E-state index contributed by atoms with van der Waals surface area (Å²) in [6.07, 6.45) is 6.42. The van der Waals surface area contributed by atoms with Gasteiger partial charge in [0.2, 0.25) is 0 Å². The normalized spacial score (nSPS) is 13.6. The minimum absolute atomic E-state index is 0.716. The van der Waals surface area contributed by atoms with Gasteiger partial charge in [-0.2, -0.15) is 0 Å². The highest BCUT2D eigenvalue weighted by atomic mass is 16.5. The Bertz CT molecular complexity index is 499. The first-order chi connectivity index (χ1) is 12.0. The number of benzene rings is 1. The summed E-state index contributed by atoms with van der Waals surface area (Å²) in [6, 6.07) is 8.60. The Balaban J connectivity index is 0.000000450. The van der Waals surface area contributed by atoms with E-state index in [0.717, 1.165) is 37.7 Å². The second kappa shape index (κ2) is 12.1. The van der Waals surface area contributed by atoms with Gasteiger partial charge in [0.05, 0.1) is 6.61 Å². The molecule has 0 aromatic heterocycles. The van der Waals surface area contributed by atoms with Crippen LogP contribution in [0.2, 0.25) is 0 Å². The lowest BCUT2D eigenvalue weighted by Crippen LogP contribution is -2.30. The van der Waals surface area contributed by atoms with Crippen LogP contribution in [0.25, 0.3) is 0 Å². The van der Waals surface area contributed by atoms with E-state index in [1.54, 1.807) is 0 Å². The van der Waals surface area contributed by atoms with Crippen molar-refractivity contribution in [2.24, 2.45) is 0 Å². The number of rotatable bonds is 8. The highest BCUT2D eigenvalue weighted by Crippen LogP contribution is 2.18. The molecule has 0 aliphatic heterocycles. The number of hydrogen-bond donors (Lipinski definition) is 3. The molecule has 1 saturated carbocycles. The number of carboxylic acids is 2. The fourth-order valence-corrected chi connectivity index (χ4v) is 2.41. The van der Waals surface area contributed by atoms with E-state index >= 15 is 0 Å². The van der Waals surface area contributed by atoms with E-state index in [1.807, 2.05) is 24.3 Å². The first-order valence-electron chi connectivity index (χ1n) is 8.58. The summed E-state index contributed by atoms with van der Waals surface area (Å²) in [5.41, 5.74) is 0. The first kappa shape index (κ1) is 20.8. The van der Waals surface area contributed by atoms with E-state index in [1.165, 1.54) is 25.7 Å². The van der Waals surface area contributed by atoms with Gasteiger partial charge in [0, 0.05) is 12.6 Å². The van der Waals surface area contributed by atoms with Gasteiger partial charge in [-0.1, -0.05) is 19.8 Å². The Morgan fingerprint density at radius 1 is 1.00 bits per heavy atom. The predicted octanol–water partition coefficient (Wildman–Crippen LogP) is 2.54. The highest BCUT2D eigenvalue weighted by Gasteiger charge is 2.13. The molecule has 1 aromatic carbocycles. The SMILES string of the molecule is CCCOc1ccc(OCCNC2CCCC2)cc1.O=C(O)C(=O)O. The van der Waals surface area contributed by atoms with Crippen LogP contribution in [0.1, 0.15) is 39.0 Å². The molecule has 25 heavy (non-hydrogen) atoms. The Hall–Kier alpha value is -2.28. The lowest BCUT2D eigenvalue weighted by atomic mass is 10.2. The van der Waals surface area contributed by atoms with Gasteiger partial charge in [0.1, 0.15) is 18.1 Å². The molecule has 0 heterocycles. The highest BCUT2D eigenvalue weighted by molar-refractivity contribution is 6.27. The molecule has 1 aliphatic rings. The van der Waals surface area contributed by atoms with Gasteiger partial charge < -0.3 is 25.0 Å². The summed E-state index contributed by atoms with van der Waals surface area (Å²) in [6.45, 7) is 4.53. The summed E-state index contributed by atoms with van der Waals surface area (Å²) in [5, 5.41) is 18.3. The zero-order chi connectivity index (χ0) is 18.5. The molecule has 0 bridgehead atoms. The maximum absolute atomic E-state index is 9.10. The van der Waals surface area contributed by atoms with Crippen molar-refractivity contribution in [3.05, 3.63) is 24.3 Å². The number of nitrogens with one attached hydrogen (secondary N) is 1. The van der Waals surface area contributed by atoms with Gasteiger partial charge >= 0.3 is 11.9 Å². The van der Waals surface area contributed by atoms with Crippen LogP contribution < -0.4 is 14.8 Å². The quantitative estimate of drug-likeness (QED) is 0.487. The van der Waals surface area contributed by atoms with E-state index < -0.39 is 11.9 Å². The topological polar surface area (TPSA) is 105 Å². The number of carboxylic acid groups (broad SMARTS) is 2. The number of ether oxygens (including phenoxy) is 2. The number of carbonyl (C=O) groups is 2. The van der Waals surface area contributed by atoms with Crippen molar-refractivity contribution in [1.82, 2.24) is 5.32 Å². The minimum atomic E-state index is -1.82. The summed E-state index contributed by atoms with van der Waals surface area (Å²) >= 11 is 0. The van der Waals surface area contributed by atoms with Crippen molar-refractivity contribution < 1.29 is 29.3 Å². The molecule has 0 radical (unpaired) electrons. The minimum Gasteiger partial charge on any atom is -0.494 e. The summed E-state index contributed by atoms with van der Waals surface area (Å²) in [7, 11) is 0. The van der Waals surface area contributed by atoms with Crippen molar-refractivity contribution >= 4 is 11.9 Å². The molecule has 1 fully saturated rings. The third-order valence-corrected chi connectivity index (χ3v) is 3.64. The molecule has 140 valence electrons. The Labute approximate surface area is 147 Å². The zero-order valence-corrected chi connectivity index (χ0v) is 14.6. The maximum Gasteiger partial charge on any atom is 0.414 e. The summed E-state index contributed by atoms with van der Waals surface area (Å²) in [5.74, 6) is -1.82. The molecule has 7 nitrogen and oxygen atoms in total. The Kier molecular flexibility index (Phi) is 10.1. The molecule has 2 rings (SSSR count). The van der Waals surface area contributed by atoms with Crippen LogP contribution >= 0.6 is 0 Å². The van der Waals surface area contributed by atoms with Gasteiger partial charge in [0.15, 0.2) is 0 Å². The molecule has 0 unspecified atom stereocenters. The number of hydrogen-bond acceptors (Lipinski definition) is 5. The molecule has 1 aromatic rings. The van der Waals surface area contributed by atoms with Gasteiger partial charge in [0.25, 0.3) is 0 Å². The smallest absolute Gasteiger partial charge is 0.414 e. The predicted molar refractivity (Wildman–Crippen MR) is 93.3 cm³/mol. The van der Waals surface area contributed by atoms with Gasteiger partial charge in [-0.25, -0.2) is 9.59 Å². The molecular weight excluding hydrogens is 326 g/mol. The monoisotopic (exact) mass is 353 g/mol. The van der Waals surface area contributed by atoms with E-state index in [9.17, 15) is 0 Å². The molecule has 0 amide bonds. The largest absolute Gasteiger partial charge is 0.494 e. The van der Waals surface area contributed by atoms with Crippen LogP contribution in [0.15, 0.2) is 24.3 Å². The third-order valence-electron chi connectivity index (χ3n) is 3.64. The van der Waals surface area contributed by atoms with Gasteiger partial charge in [-0.05, 0) is 43.5 Å². The molecule has 3 N–H and O–H groups in total. The average molecular weight is 353 g/mol. The first-order valence-corrected chi connectivity index (χ1v) is 8.58. The van der Waals surface area contributed by atoms with Crippen LogP contribution in [0.3, 0.4) is 0 Å². The van der Waals surface area contributed by atoms with Crippen LogP contribution in [0.4, 0.5) is 0 Å². The average Bonchev–Trinajstić information content (AvgIpc) is 3.12. The molecule has 0 spiro atoms. The van der Waals surface area contributed by atoms with Crippen molar-refractivity contribution in [2.75, 3.05) is 19.8 Å². The van der Waals surface area contributed by atoms with Gasteiger partial charge in [-0.15, -0.1) is 0 Å². The van der Waals surface area contributed by atoms with Crippen molar-refractivity contribution in [3.8, 4) is 11.5 Å².